The molecule has 2 heterocycles. The van der Waals surface area contributed by atoms with E-state index in [-0.39, 0.29) is 23.7 Å². The Balaban J connectivity index is 1.78. The van der Waals surface area contributed by atoms with Gasteiger partial charge in [-0.05, 0) is 43.4 Å². The summed E-state index contributed by atoms with van der Waals surface area (Å²) in [4.78, 5) is 24.0. The van der Waals surface area contributed by atoms with Gasteiger partial charge in [-0.3, -0.25) is 14.9 Å². The van der Waals surface area contributed by atoms with Crippen molar-refractivity contribution in [2.24, 2.45) is 23.7 Å². The Morgan fingerprint density at radius 2 is 1.63 bits per heavy atom. The lowest BCUT2D eigenvalue weighted by Gasteiger charge is -2.40. The van der Waals surface area contributed by atoms with Crippen molar-refractivity contribution in [1.29, 1.82) is 0 Å². The Kier molecular flexibility index (Phi) is 3.87. The summed E-state index contributed by atoms with van der Waals surface area (Å²) in [7, 11) is 0. The number of amides is 2. The van der Waals surface area contributed by atoms with Gasteiger partial charge < -0.3 is 4.74 Å². The van der Waals surface area contributed by atoms with E-state index in [1.807, 2.05) is 0 Å². The van der Waals surface area contributed by atoms with Crippen LogP contribution in [-0.2, 0) is 14.3 Å². The predicted octanol–water partition coefficient (Wildman–Crippen LogP) is 1.88. The third-order valence-electron chi connectivity index (χ3n) is 5.23. The van der Waals surface area contributed by atoms with Crippen molar-refractivity contribution in [2.45, 2.75) is 44.9 Å². The molecule has 1 aliphatic carbocycles. The third-order valence-corrected chi connectivity index (χ3v) is 5.23. The number of carbonyl (C=O) groups is 2. The molecule has 3 fully saturated rings. The zero-order chi connectivity index (χ0) is 13.2. The van der Waals surface area contributed by atoms with Crippen LogP contribution in [0.2, 0.25) is 0 Å². The highest BCUT2D eigenvalue weighted by Gasteiger charge is 2.44. The standard InChI is InChI=1S/C15H23NO3/c17-13-9-12(10-5-7-19-8-6-10)14(15(18)16-13)11-3-1-2-4-11/h10-12,14H,1-9H2,(H,16,17,18). The van der Waals surface area contributed by atoms with Gasteiger partial charge >= 0.3 is 0 Å². The van der Waals surface area contributed by atoms with Crippen molar-refractivity contribution in [2.75, 3.05) is 13.2 Å². The first-order valence-electron chi connectivity index (χ1n) is 7.67. The lowest BCUT2D eigenvalue weighted by Crippen LogP contribution is -2.50. The molecule has 0 aromatic rings. The van der Waals surface area contributed by atoms with Gasteiger partial charge in [0.2, 0.25) is 11.8 Å². The van der Waals surface area contributed by atoms with Crippen LogP contribution in [0.1, 0.15) is 44.9 Å². The molecule has 4 nitrogen and oxygen atoms in total. The molecule has 1 N–H and O–H groups in total. The van der Waals surface area contributed by atoms with Gasteiger partial charge in [-0.2, -0.15) is 0 Å². The van der Waals surface area contributed by atoms with E-state index >= 15 is 0 Å². The maximum Gasteiger partial charge on any atom is 0.230 e. The van der Waals surface area contributed by atoms with E-state index in [4.69, 9.17) is 4.74 Å². The van der Waals surface area contributed by atoms with Crippen LogP contribution in [-0.4, -0.2) is 25.0 Å². The molecule has 0 spiro atoms. The number of ether oxygens (including phenoxy) is 1. The summed E-state index contributed by atoms with van der Waals surface area (Å²) in [5.41, 5.74) is 0. The first kappa shape index (κ1) is 13.1. The van der Waals surface area contributed by atoms with E-state index in [9.17, 15) is 9.59 Å². The second kappa shape index (κ2) is 5.61. The van der Waals surface area contributed by atoms with Crippen LogP contribution in [0.25, 0.3) is 0 Å². The van der Waals surface area contributed by atoms with E-state index in [0.29, 0.717) is 18.3 Å². The summed E-state index contributed by atoms with van der Waals surface area (Å²) in [5.74, 6) is 1.25. The van der Waals surface area contributed by atoms with Crippen LogP contribution in [0.5, 0.6) is 0 Å². The molecule has 19 heavy (non-hydrogen) atoms. The molecule has 4 heteroatoms. The summed E-state index contributed by atoms with van der Waals surface area (Å²) in [5, 5.41) is 2.57. The van der Waals surface area contributed by atoms with E-state index in [1.165, 1.54) is 12.8 Å². The average Bonchev–Trinajstić information content (AvgIpc) is 2.92. The highest BCUT2D eigenvalue weighted by Crippen LogP contribution is 2.43. The number of rotatable bonds is 2. The third kappa shape index (κ3) is 2.69. The first-order valence-corrected chi connectivity index (χ1v) is 7.67. The van der Waals surface area contributed by atoms with Crippen LogP contribution >= 0.6 is 0 Å². The molecule has 106 valence electrons. The fraction of sp³-hybridized carbons (Fsp3) is 0.867. The zero-order valence-corrected chi connectivity index (χ0v) is 11.4. The second-order valence-electron chi connectivity index (χ2n) is 6.30. The molecule has 3 rings (SSSR count). The molecule has 1 saturated carbocycles. The summed E-state index contributed by atoms with van der Waals surface area (Å²) < 4.78 is 5.42. The fourth-order valence-electron chi connectivity index (χ4n) is 4.29. The monoisotopic (exact) mass is 265 g/mol. The van der Waals surface area contributed by atoms with Crippen molar-refractivity contribution >= 4 is 11.8 Å². The first-order chi connectivity index (χ1) is 9.25. The molecule has 0 aromatic heterocycles. The Morgan fingerprint density at radius 3 is 2.32 bits per heavy atom. The smallest absolute Gasteiger partial charge is 0.230 e. The van der Waals surface area contributed by atoms with Gasteiger partial charge in [-0.25, -0.2) is 0 Å². The summed E-state index contributed by atoms with van der Waals surface area (Å²) in [6.07, 6.45) is 7.35. The van der Waals surface area contributed by atoms with Gasteiger partial charge in [0.15, 0.2) is 0 Å². The molecule has 3 aliphatic rings. The van der Waals surface area contributed by atoms with Crippen LogP contribution in [0.4, 0.5) is 0 Å². The molecule has 0 radical (unpaired) electrons. The number of hydrogen-bond donors (Lipinski definition) is 1. The summed E-state index contributed by atoms with van der Waals surface area (Å²) in [6, 6.07) is 0. The zero-order valence-electron chi connectivity index (χ0n) is 11.4. The fourth-order valence-corrected chi connectivity index (χ4v) is 4.29. The van der Waals surface area contributed by atoms with Crippen molar-refractivity contribution < 1.29 is 14.3 Å². The number of piperidine rings is 1. The van der Waals surface area contributed by atoms with Gasteiger partial charge in [0.1, 0.15) is 0 Å². The Labute approximate surface area is 114 Å². The maximum absolute atomic E-state index is 12.3. The molecule has 2 aliphatic heterocycles. The van der Waals surface area contributed by atoms with Crippen molar-refractivity contribution in [3.05, 3.63) is 0 Å². The number of nitrogens with one attached hydrogen (secondary N) is 1. The van der Waals surface area contributed by atoms with Crippen molar-refractivity contribution in [1.82, 2.24) is 5.32 Å². The van der Waals surface area contributed by atoms with Gasteiger partial charge in [-0.1, -0.05) is 12.8 Å². The average molecular weight is 265 g/mol. The molecule has 2 amide bonds. The molecule has 2 unspecified atom stereocenters. The van der Waals surface area contributed by atoms with Crippen LogP contribution in [0.15, 0.2) is 0 Å². The van der Waals surface area contributed by atoms with E-state index < -0.39 is 0 Å². The summed E-state index contributed by atoms with van der Waals surface area (Å²) >= 11 is 0. The normalized spacial score (nSPS) is 34.5. The number of carbonyl (C=O) groups excluding carboxylic acids is 2. The minimum absolute atomic E-state index is 0.000332. The Bertz CT molecular complexity index is 356. The highest BCUT2D eigenvalue weighted by molar-refractivity contribution is 5.99. The van der Waals surface area contributed by atoms with Gasteiger partial charge in [-0.15, -0.1) is 0 Å². The molecule has 0 bridgehead atoms. The Hall–Kier alpha value is -0.900. The van der Waals surface area contributed by atoms with Crippen LogP contribution < -0.4 is 5.32 Å². The van der Waals surface area contributed by atoms with Crippen molar-refractivity contribution in [3.63, 3.8) is 0 Å². The molecule has 0 aromatic carbocycles. The minimum Gasteiger partial charge on any atom is -0.381 e. The van der Waals surface area contributed by atoms with E-state index in [1.54, 1.807) is 0 Å². The predicted molar refractivity (Wildman–Crippen MR) is 70.2 cm³/mol. The molecule has 2 saturated heterocycles. The SMILES string of the molecule is O=C1CC(C2CCOCC2)C(C2CCCC2)C(=O)N1. The highest BCUT2D eigenvalue weighted by atomic mass is 16.5. The maximum atomic E-state index is 12.3. The summed E-state index contributed by atoms with van der Waals surface area (Å²) in [6.45, 7) is 1.57. The lowest BCUT2D eigenvalue weighted by molar-refractivity contribution is -0.143. The number of imide groups is 1. The minimum atomic E-state index is -0.0734. The van der Waals surface area contributed by atoms with Crippen LogP contribution in [0.3, 0.4) is 0 Å². The van der Waals surface area contributed by atoms with Crippen molar-refractivity contribution in [3.8, 4) is 0 Å². The lowest BCUT2D eigenvalue weighted by atomic mass is 9.68. The topological polar surface area (TPSA) is 55.4 Å². The van der Waals surface area contributed by atoms with Crippen LogP contribution in [0, 0.1) is 23.7 Å². The van der Waals surface area contributed by atoms with E-state index in [0.717, 1.165) is 38.9 Å². The van der Waals surface area contributed by atoms with E-state index in [2.05, 4.69) is 5.32 Å². The molecule has 2 atom stereocenters. The largest absolute Gasteiger partial charge is 0.381 e. The Morgan fingerprint density at radius 1 is 0.947 bits per heavy atom. The number of hydrogen-bond acceptors (Lipinski definition) is 3. The van der Waals surface area contributed by atoms with Gasteiger partial charge in [0, 0.05) is 25.6 Å². The second-order valence-corrected chi connectivity index (χ2v) is 6.30. The quantitative estimate of drug-likeness (QED) is 0.776. The van der Waals surface area contributed by atoms with Gasteiger partial charge in [0.05, 0.1) is 0 Å². The molecular formula is C15H23NO3. The molecular weight excluding hydrogens is 242 g/mol. The van der Waals surface area contributed by atoms with Gasteiger partial charge in [0.25, 0.3) is 0 Å².